The van der Waals surface area contributed by atoms with E-state index in [4.69, 9.17) is 4.74 Å². The van der Waals surface area contributed by atoms with E-state index in [1.807, 2.05) is 12.1 Å². The summed E-state index contributed by atoms with van der Waals surface area (Å²) in [5, 5.41) is 6.65. The summed E-state index contributed by atoms with van der Waals surface area (Å²) in [4.78, 5) is 7.07. The van der Waals surface area contributed by atoms with Crippen molar-refractivity contribution in [2.24, 2.45) is 4.99 Å². The van der Waals surface area contributed by atoms with Gasteiger partial charge in [0.25, 0.3) is 0 Å². The molecule has 1 fully saturated rings. The number of rotatable bonds is 11. The monoisotopic (exact) mass is 396 g/mol. The standard InChI is InChI=1S/C19H32N4O3S/c1-20-19(22-12-13-23(14-15-26-2)17-6-7-17)21-11-10-16-4-8-18(9-5-16)27(3,24)25/h4-5,8-9,17H,6-7,10-15H2,1-3H3,(H2,20,21,22). The highest BCUT2D eigenvalue weighted by atomic mass is 32.2. The number of sulfone groups is 1. The second-order valence-electron chi connectivity index (χ2n) is 6.85. The van der Waals surface area contributed by atoms with Crippen LogP contribution >= 0.6 is 0 Å². The highest BCUT2D eigenvalue weighted by molar-refractivity contribution is 7.90. The van der Waals surface area contributed by atoms with Crippen molar-refractivity contribution in [3.8, 4) is 0 Å². The topological polar surface area (TPSA) is 83.0 Å². The predicted molar refractivity (Wildman–Crippen MR) is 109 cm³/mol. The van der Waals surface area contributed by atoms with E-state index >= 15 is 0 Å². The first kappa shape index (κ1) is 21.7. The molecule has 0 aliphatic heterocycles. The first-order chi connectivity index (χ1) is 12.9. The molecular weight excluding hydrogens is 364 g/mol. The summed E-state index contributed by atoms with van der Waals surface area (Å²) >= 11 is 0. The van der Waals surface area contributed by atoms with Crippen LogP contribution in [0.4, 0.5) is 0 Å². The van der Waals surface area contributed by atoms with Crippen LogP contribution < -0.4 is 10.6 Å². The molecule has 1 aromatic carbocycles. The Morgan fingerprint density at radius 3 is 2.41 bits per heavy atom. The van der Waals surface area contributed by atoms with E-state index in [-0.39, 0.29) is 0 Å². The molecule has 0 saturated heterocycles. The number of hydrogen-bond acceptors (Lipinski definition) is 5. The van der Waals surface area contributed by atoms with Crippen LogP contribution in [0.2, 0.25) is 0 Å². The fourth-order valence-corrected chi connectivity index (χ4v) is 3.52. The van der Waals surface area contributed by atoms with Gasteiger partial charge in [0.15, 0.2) is 15.8 Å². The van der Waals surface area contributed by atoms with E-state index < -0.39 is 9.84 Å². The van der Waals surface area contributed by atoms with Crippen molar-refractivity contribution in [2.45, 2.75) is 30.2 Å². The molecule has 0 amide bonds. The molecule has 0 spiro atoms. The summed E-state index contributed by atoms with van der Waals surface area (Å²) in [6.45, 7) is 4.28. The summed E-state index contributed by atoms with van der Waals surface area (Å²) in [5.41, 5.74) is 1.09. The summed E-state index contributed by atoms with van der Waals surface area (Å²) in [5.74, 6) is 0.783. The first-order valence-electron chi connectivity index (χ1n) is 9.40. The van der Waals surface area contributed by atoms with Crippen LogP contribution in [0.3, 0.4) is 0 Å². The Morgan fingerprint density at radius 1 is 1.19 bits per heavy atom. The van der Waals surface area contributed by atoms with E-state index in [2.05, 4.69) is 20.5 Å². The summed E-state index contributed by atoms with van der Waals surface area (Å²) < 4.78 is 28.2. The normalized spacial score (nSPS) is 15.2. The van der Waals surface area contributed by atoms with Crippen molar-refractivity contribution in [1.29, 1.82) is 0 Å². The van der Waals surface area contributed by atoms with Crippen molar-refractivity contribution in [1.82, 2.24) is 15.5 Å². The molecule has 0 heterocycles. The van der Waals surface area contributed by atoms with Crippen LogP contribution in [-0.2, 0) is 21.0 Å². The van der Waals surface area contributed by atoms with E-state index in [0.717, 1.165) is 50.7 Å². The van der Waals surface area contributed by atoms with Gasteiger partial charge in [0.2, 0.25) is 0 Å². The minimum Gasteiger partial charge on any atom is -0.383 e. The number of nitrogens with one attached hydrogen (secondary N) is 2. The zero-order valence-corrected chi connectivity index (χ0v) is 17.4. The maximum atomic E-state index is 11.5. The number of aliphatic imine (C=N–C) groups is 1. The Balaban J connectivity index is 1.69. The van der Waals surface area contributed by atoms with Gasteiger partial charge in [0.05, 0.1) is 11.5 Å². The average Bonchev–Trinajstić information content (AvgIpc) is 3.48. The quantitative estimate of drug-likeness (QED) is 0.427. The molecule has 8 heteroatoms. The minimum absolute atomic E-state index is 0.352. The van der Waals surface area contributed by atoms with E-state index in [9.17, 15) is 8.42 Å². The predicted octanol–water partition coefficient (Wildman–Crippen LogP) is 0.908. The van der Waals surface area contributed by atoms with Crippen LogP contribution in [0.5, 0.6) is 0 Å². The Kier molecular flexibility index (Phi) is 8.53. The van der Waals surface area contributed by atoms with Gasteiger partial charge in [-0.2, -0.15) is 0 Å². The van der Waals surface area contributed by atoms with Gasteiger partial charge in [-0.05, 0) is 37.0 Å². The van der Waals surface area contributed by atoms with Crippen molar-refractivity contribution in [2.75, 3.05) is 53.2 Å². The zero-order chi connectivity index (χ0) is 19.7. The van der Waals surface area contributed by atoms with Crippen LogP contribution in [0.15, 0.2) is 34.2 Å². The lowest BCUT2D eigenvalue weighted by atomic mass is 10.1. The fourth-order valence-electron chi connectivity index (χ4n) is 2.89. The Bertz CT molecular complexity index is 700. The van der Waals surface area contributed by atoms with Crippen LogP contribution in [0.25, 0.3) is 0 Å². The third-order valence-corrected chi connectivity index (χ3v) is 5.75. The molecule has 0 unspecified atom stereocenters. The Morgan fingerprint density at radius 2 is 1.85 bits per heavy atom. The molecule has 0 atom stereocenters. The number of ether oxygens (including phenoxy) is 1. The smallest absolute Gasteiger partial charge is 0.191 e. The molecular formula is C19H32N4O3S. The molecule has 27 heavy (non-hydrogen) atoms. The fraction of sp³-hybridized carbons (Fsp3) is 0.632. The third kappa shape index (κ3) is 7.86. The number of guanidine groups is 1. The molecule has 1 aromatic rings. The molecule has 2 rings (SSSR count). The lowest BCUT2D eigenvalue weighted by Gasteiger charge is -2.22. The Hall–Kier alpha value is -1.64. The molecule has 0 aromatic heterocycles. The summed E-state index contributed by atoms with van der Waals surface area (Å²) in [6, 6.07) is 7.75. The largest absolute Gasteiger partial charge is 0.383 e. The number of methoxy groups -OCH3 is 1. The van der Waals surface area contributed by atoms with E-state index in [1.165, 1.54) is 19.1 Å². The second-order valence-corrected chi connectivity index (χ2v) is 8.87. The molecule has 1 aliphatic carbocycles. The van der Waals surface area contributed by atoms with Crippen molar-refractivity contribution in [3.05, 3.63) is 29.8 Å². The highest BCUT2D eigenvalue weighted by Crippen LogP contribution is 2.25. The molecule has 0 bridgehead atoms. The maximum absolute atomic E-state index is 11.5. The highest BCUT2D eigenvalue weighted by Gasteiger charge is 2.28. The number of nitrogens with zero attached hydrogens (tertiary/aromatic N) is 2. The lowest BCUT2D eigenvalue weighted by molar-refractivity contribution is 0.144. The lowest BCUT2D eigenvalue weighted by Crippen LogP contribution is -2.43. The van der Waals surface area contributed by atoms with Gasteiger partial charge in [-0.3, -0.25) is 9.89 Å². The van der Waals surface area contributed by atoms with Crippen molar-refractivity contribution >= 4 is 15.8 Å². The third-order valence-electron chi connectivity index (χ3n) is 4.62. The number of benzene rings is 1. The van der Waals surface area contributed by atoms with Crippen LogP contribution in [-0.4, -0.2) is 78.5 Å². The SMILES string of the molecule is CN=C(NCCc1ccc(S(C)(=O)=O)cc1)NCCN(CCOC)C1CC1. The van der Waals surface area contributed by atoms with Crippen LogP contribution in [0, 0.1) is 0 Å². The van der Waals surface area contributed by atoms with Crippen LogP contribution in [0.1, 0.15) is 18.4 Å². The van der Waals surface area contributed by atoms with Crippen molar-refractivity contribution < 1.29 is 13.2 Å². The molecule has 0 radical (unpaired) electrons. The maximum Gasteiger partial charge on any atom is 0.191 e. The molecule has 1 saturated carbocycles. The van der Waals surface area contributed by atoms with Gasteiger partial charge in [0, 0.05) is 52.6 Å². The minimum atomic E-state index is -3.14. The van der Waals surface area contributed by atoms with Gasteiger partial charge < -0.3 is 15.4 Å². The first-order valence-corrected chi connectivity index (χ1v) is 11.3. The van der Waals surface area contributed by atoms with Gasteiger partial charge >= 0.3 is 0 Å². The summed E-state index contributed by atoms with van der Waals surface area (Å²) in [7, 11) is 0.364. The van der Waals surface area contributed by atoms with Gasteiger partial charge in [0.1, 0.15) is 0 Å². The molecule has 1 aliphatic rings. The van der Waals surface area contributed by atoms with Gasteiger partial charge in [-0.1, -0.05) is 12.1 Å². The zero-order valence-electron chi connectivity index (χ0n) is 16.6. The van der Waals surface area contributed by atoms with Crippen molar-refractivity contribution in [3.63, 3.8) is 0 Å². The molecule has 152 valence electrons. The van der Waals surface area contributed by atoms with Gasteiger partial charge in [-0.25, -0.2) is 8.42 Å². The Labute approximate surface area is 163 Å². The molecule has 7 nitrogen and oxygen atoms in total. The number of hydrogen-bond donors (Lipinski definition) is 2. The summed E-state index contributed by atoms with van der Waals surface area (Å²) in [6.07, 6.45) is 4.59. The molecule has 2 N–H and O–H groups in total. The average molecular weight is 397 g/mol. The van der Waals surface area contributed by atoms with Gasteiger partial charge in [-0.15, -0.1) is 0 Å². The second kappa shape index (κ2) is 10.6. The van der Waals surface area contributed by atoms with E-state index in [0.29, 0.717) is 10.9 Å². The van der Waals surface area contributed by atoms with E-state index in [1.54, 1.807) is 26.3 Å².